The number of benzene rings is 1. The molecule has 154 valence electrons. The summed E-state index contributed by atoms with van der Waals surface area (Å²) >= 11 is 0. The fourth-order valence-corrected chi connectivity index (χ4v) is 5.79. The lowest BCUT2D eigenvalue weighted by Gasteiger charge is -2.48. The van der Waals surface area contributed by atoms with Crippen LogP contribution in [-0.4, -0.2) is 33.3 Å². The third-order valence-corrected chi connectivity index (χ3v) is 7.21. The molecule has 1 heterocycles. The van der Waals surface area contributed by atoms with Crippen molar-refractivity contribution in [3.63, 3.8) is 0 Å². The van der Waals surface area contributed by atoms with Crippen molar-refractivity contribution in [1.29, 1.82) is 0 Å². The second-order valence-electron chi connectivity index (χ2n) is 8.99. The molecule has 29 heavy (non-hydrogen) atoms. The number of fused-ring (bicyclic) bond motifs is 3. The summed E-state index contributed by atoms with van der Waals surface area (Å²) in [7, 11) is 0. The highest BCUT2D eigenvalue weighted by atomic mass is 16.3. The molecule has 5 heteroatoms. The highest BCUT2D eigenvalue weighted by Crippen LogP contribution is 2.52. The Morgan fingerprint density at radius 1 is 1.38 bits per heavy atom. The lowest BCUT2D eigenvalue weighted by atomic mass is 9.54. The molecule has 2 aliphatic carbocycles. The highest BCUT2D eigenvalue weighted by Gasteiger charge is 2.53. The minimum Gasteiger partial charge on any atom is -0.396 e. The van der Waals surface area contributed by atoms with E-state index in [0.717, 1.165) is 49.2 Å². The molecule has 4 atom stereocenters. The number of hydrogen-bond donors (Lipinski definition) is 1. The average Bonchev–Trinajstić information content (AvgIpc) is 3.06. The number of nitrogens with zero attached hydrogens (tertiary/aromatic N) is 2. The van der Waals surface area contributed by atoms with Crippen molar-refractivity contribution in [1.82, 2.24) is 9.55 Å². The van der Waals surface area contributed by atoms with E-state index >= 15 is 0 Å². The molecule has 5 nitrogen and oxygen atoms in total. The van der Waals surface area contributed by atoms with Gasteiger partial charge in [-0.15, -0.1) is 0 Å². The van der Waals surface area contributed by atoms with Gasteiger partial charge in [0, 0.05) is 29.3 Å². The number of hydrogen-bond acceptors (Lipinski definition) is 4. The summed E-state index contributed by atoms with van der Waals surface area (Å²) in [5.41, 5.74) is 4.33. The summed E-state index contributed by atoms with van der Waals surface area (Å²) in [6.45, 7) is 6.41. The first-order chi connectivity index (χ1) is 13.9. The van der Waals surface area contributed by atoms with Crippen LogP contribution in [0.5, 0.6) is 0 Å². The van der Waals surface area contributed by atoms with E-state index in [2.05, 4.69) is 35.8 Å². The van der Waals surface area contributed by atoms with Gasteiger partial charge in [-0.1, -0.05) is 26.0 Å². The maximum atomic E-state index is 12.6. The third-order valence-electron chi connectivity index (χ3n) is 7.21. The standard InChI is InChI=1S/C24H30N2O3/c1-15-20-9-10-21-23(24(20,3)13-18(14-28)22(15)29)25-16(2)26(21)19-8-4-6-17(12-19)7-5-11-27/h4,6,8,12,14-15,18,20,27H,5,7,9-11,13H2,1-3H3/t15-,18?,20-,24-/m0/s1. The summed E-state index contributed by atoms with van der Waals surface area (Å²) in [5, 5.41) is 9.14. The smallest absolute Gasteiger partial charge is 0.146 e. The Balaban J connectivity index is 1.78. The van der Waals surface area contributed by atoms with Crippen LogP contribution >= 0.6 is 0 Å². The summed E-state index contributed by atoms with van der Waals surface area (Å²) in [6.07, 6.45) is 4.83. The Labute approximate surface area is 172 Å². The van der Waals surface area contributed by atoms with Gasteiger partial charge >= 0.3 is 0 Å². The number of carbonyl (C=O) groups excluding carboxylic acids is 2. The number of Topliss-reactive ketones (excluding diaryl/α,β-unsaturated/α-hetero) is 1. The van der Waals surface area contributed by atoms with Crippen LogP contribution in [-0.2, 0) is 27.8 Å². The Hall–Kier alpha value is -2.27. The van der Waals surface area contributed by atoms with Crippen LogP contribution in [0, 0.1) is 24.7 Å². The van der Waals surface area contributed by atoms with Gasteiger partial charge in [-0.05, 0) is 62.6 Å². The number of aromatic nitrogens is 2. The van der Waals surface area contributed by atoms with E-state index in [1.54, 1.807) is 0 Å². The summed E-state index contributed by atoms with van der Waals surface area (Å²) < 4.78 is 2.25. The van der Waals surface area contributed by atoms with Crippen LogP contribution in [0.2, 0.25) is 0 Å². The lowest BCUT2D eigenvalue weighted by molar-refractivity contribution is -0.137. The number of rotatable bonds is 5. The fraction of sp³-hybridized carbons (Fsp3) is 0.542. The molecule has 1 aromatic heterocycles. The molecule has 0 radical (unpaired) electrons. The average molecular weight is 395 g/mol. The van der Waals surface area contributed by atoms with E-state index in [1.165, 1.54) is 11.3 Å². The molecule has 0 amide bonds. The van der Waals surface area contributed by atoms with Gasteiger partial charge in [0.1, 0.15) is 17.9 Å². The zero-order valence-corrected chi connectivity index (χ0v) is 17.5. The van der Waals surface area contributed by atoms with Gasteiger partial charge in [0.25, 0.3) is 0 Å². The summed E-state index contributed by atoms with van der Waals surface area (Å²) in [4.78, 5) is 29.2. The first-order valence-electron chi connectivity index (χ1n) is 10.7. The maximum Gasteiger partial charge on any atom is 0.146 e. The van der Waals surface area contributed by atoms with E-state index in [9.17, 15) is 9.59 Å². The predicted molar refractivity (Wildman–Crippen MR) is 111 cm³/mol. The van der Waals surface area contributed by atoms with Gasteiger partial charge in [0.15, 0.2) is 0 Å². The van der Waals surface area contributed by atoms with E-state index in [4.69, 9.17) is 10.1 Å². The van der Waals surface area contributed by atoms with Gasteiger partial charge in [0.05, 0.1) is 11.6 Å². The van der Waals surface area contributed by atoms with E-state index in [-0.39, 0.29) is 29.6 Å². The van der Waals surface area contributed by atoms with Gasteiger partial charge < -0.3 is 14.5 Å². The molecule has 1 fully saturated rings. The van der Waals surface area contributed by atoms with Gasteiger partial charge in [-0.3, -0.25) is 4.79 Å². The lowest BCUT2D eigenvalue weighted by Crippen LogP contribution is -2.51. The first kappa shape index (κ1) is 20.0. The predicted octanol–water partition coefficient (Wildman–Crippen LogP) is 3.35. The van der Waals surface area contributed by atoms with Crippen LogP contribution < -0.4 is 0 Å². The summed E-state index contributed by atoms with van der Waals surface area (Å²) in [5.74, 6) is 0.647. The molecule has 0 bridgehead atoms. The molecule has 1 N–H and O–H groups in total. The minimum atomic E-state index is -0.524. The van der Waals surface area contributed by atoms with Gasteiger partial charge in [-0.2, -0.15) is 0 Å². The van der Waals surface area contributed by atoms with Crippen molar-refractivity contribution in [3.05, 3.63) is 47.0 Å². The Morgan fingerprint density at radius 3 is 2.90 bits per heavy atom. The maximum absolute atomic E-state index is 12.6. The van der Waals surface area contributed by atoms with Crippen molar-refractivity contribution < 1.29 is 14.7 Å². The van der Waals surface area contributed by atoms with Crippen molar-refractivity contribution in [2.75, 3.05) is 6.61 Å². The Morgan fingerprint density at radius 2 is 2.17 bits per heavy atom. The number of aliphatic hydroxyl groups is 1. The molecular formula is C24H30N2O3. The van der Waals surface area contributed by atoms with Crippen molar-refractivity contribution >= 4 is 12.1 Å². The SMILES string of the molecule is Cc1nc2c(n1-c1cccc(CCCO)c1)CC[C@H]1[C@H](C)C(=O)C(C=O)C[C@]21C. The quantitative estimate of drug-likeness (QED) is 0.624. The molecule has 0 saturated heterocycles. The largest absolute Gasteiger partial charge is 0.396 e. The zero-order chi connectivity index (χ0) is 20.8. The normalized spacial score (nSPS) is 28.7. The van der Waals surface area contributed by atoms with Crippen LogP contribution in [0.1, 0.15) is 55.9 Å². The van der Waals surface area contributed by atoms with E-state index in [0.29, 0.717) is 6.42 Å². The number of carbonyl (C=O) groups is 2. The first-order valence-corrected chi connectivity index (χ1v) is 10.7. The second-order valence-corrected chi connectivity index (χ2v) is 8.99. The molecule has 4 rings (SSSR count). The van der Waals surface area contributed by atoms with Crippen molar-refractivity contribution in [2.45, 2.75) is 58.3 Å². The second kappa shape index (κ2) is 7.52. The number of aliphatic hydroxyl groups excluding tert-OH is 1. The number of imidazole rings is 1. The van der Waals surface area contributed by atoms with Gasteiger partial charge in [0.2, 0.25) is 0 Å². The molecule has 1 aromatic carbocycles. The molecule has 1 unspecified atom stereocenters. The van der Waals surface area contributed by atoms with E-state index in [1.807, 2.05) is 13.8 Å². The fourth-order valence-electron chi connectivity index (χ4n) is 5.79. The minimum absolute atomic E-state index is 0.0960. The molecule has 0 spiro atoms. The van der Waals surface area contributed by atoms with Crippen molar-refractivity contribution in [3.8, 4) is 5.69 Å². The van der Waals surface area contributed by atoms with E-state index < -0.39 is 5.92 Å². The molecule has 0 aliphatic heterocycles. The Bertz CT molecular complexity index is 948. The van der Waals surface area contributed by atoms with Gasteiger partial charge in [-0.25, -0.2) is 4.98 Å². The van der Waals surface area contributed by atoms with Crippen LogP contribution in [0.25, 0.3) is 5.69 Å². The summed E-state index contributed by atoms with van der Waals surface area (Å²) in [6, 6.07) is 8.44. The molecule has 2 aromatic rings. The van der Waals surface area contributed by atoms with Crippen molar-refractivity contribution in [2.24, 2.45) is 17.8 Å². The molecular weight excluding hydrogens is 364 g/mol. The molecule has 1 saturated carbocycles. The molecule has 2 aliphatic rings. The van der Waals surface area contributed by atoms with Crippen LogP contribution in [0.4, 0.5) is 0 Å². The Kier molecular flexibility index (Phi) is 5.19. The number of aldehydes is 1. The van der Waals surface area contributed by atoms with Crippen LogP contribution in [0.3, 0.4) is 0 Å². The topological polar surface area (TPSA) is 72.2 Å². The number of aryl methyl sites for hydroxylation is 2. The number of ketones is 1. The third kappa shape index (κ3) is 3.16. The monoisotopic (exact) mass is 394 g/mol. The zero-order valence-electron chi connectivity index (χ0n) is 17.5. The highest BCUT2D eigenvalue weighted by molar-refractivity contribution is 5.96. The van der Waals surface area contributed by atoms with Crippen LogP contribution in [0.15, 0.2) is 24.3 Å².